The Hall–Kier alpha value is -3.67. The summed E-state index contributed by atoms with van der Waals surface area (Å²) in [4.78, 5) is 35.8. The summed E-state index contributed by atoms with van der Waals surface area (Å²) in [7, 11) is 0. The number of aryl methyl sites for hydroxylation is 1. The second-order valence-electron chi connectivity index (χ2n) is 6.21. The minimum atomic E-state index is -0.531. The van der Waals surface area contributed by atoms with Crippen molar-refractivity contribution in [2.75, 3.05) is 5.32 Å². The summed E-state index contributed by atoms with van der Waals surface area (Å²) in [6, 6.07) is 16.9. The van der Waals surface area contributed by atoms with Crippen molar-refractivity contribution >= 4 is 17.5 Å². The molecule has 136 valence electrons. The predicted octanol–water partition coefficient (Wildman–Crippen LogP) is 2.56. The van der Waals surface area contributed by atoms with Crippen LogP contribution < -0.4 is 16.6 Å². The molecule has 2 aromatic carbocycles. The highest BCUT2D eigenvalue weighted by Crippen LogP contribution is 2.12. The zero-order chi connectivity index (χ0) is 19.4. The van der Waals surface area contributed by atoms with Crippen LogP contribution in [0.2, 0.25) is 0 Å². The number of pyridine rings is 1. The Morgan fingerprint density at radius 2 is 1.63 bits per heavy atom. The highest BCUT2D eigenvalue weighted by Gasteiger charge is 2.10. The summed E-state index contributed by atoms with van der Waals surface area (Å²) in [6.07, 6.45) is 1.54. The number of nitrogens with two attached hydrogens (primary N) is 1. The number of aromatic nitrogens is 1. The average Bonchev–Trinajstić information content (AvgIpc) is 2.65. The van der Waals surface area contributed by atoms with E-state index in [0.29, 0.717) is 23.4 Å². The maximum Gasteiger partial charge on any atom is 0.257 e. The van der Waals surface area contributed by atoms with Gasteiger partial charge in [-0.05, 0) is 48.4 Å². The number of hydrogen-bond acceptors (Lipinski definition) is 3. The maximum atomic E-state index is 12.5. The smallest absolute Gasteiger partial charge is 0.257 e. The number of carbonyl (C=O) groups excluding carboxylic acids is 2. The molecule has 0 aliphatic heterocycles. The fourth-order valence-corrected chi connectivity index (χ4v) is 2.68. The van der Waals surface area contributed by atoms with Gasteiger partial charge in [-0.3, -0.25) is 14.4 Å². The molecule has 0 aliphatic rings. The third kappa shape index (κ3) is 4.30. The van der Waals surface area contributed by atoms with Gasteiger partial charge >= 0.3 is 0 Å². The molecule has 0 fully saturated rings. The molecule has 3 N–H and O–H groups in total. The molecule has 27 heavy (non-hydrogen) atoms. The van der Waals surface area contributed by atoms with Gasteiger partial charge in [0.2, 0.25) is 5.91 Å². The van der Waals surface area contributed by atoms with Gasteiger partial charge in [0.25, 0.3) is 11.5 Å². The standard InChI is InChI=1S/C21H19N3O3/c1-14-4-2-3-5-16(14)12-24-13-17(8-11-19(24)25)21(27)23-18-9-6-15(7-10-18)20(22)26/h2-11,13H,12H2,1H3,(H2,22,26)(H,23,27). The third-order valence-electron chi connectivity index (χ3n) is 4.27. The first kappa shape index (κ1) is 18.1. The molecule has 0 bridgehead atoms. The lowest BCUT2D eigenvalue weighted by Crippen LogP contribution is -2.23. The number of hydrogen-bond donors (Lipinski definition) is 2. The normalized spacial score (nSPS) is 10.4. The molecule has 3 rings (SSSR count). The molecule has 2 amide bonds. The van der Waals surface area contributed by atoms with E-state index in [1.807, 2.05) is 31.2 Å². The van der Waals surface area contributed by atoms with E-state index in [9.17, 15) is 14.4 Å². The van der Waals surface area contributed by atoms with Crippen LogP contribution in [-0.2, 0) is 6.54 Å². The Morgan fingerprint density at radius 1 is 0.963 bits per heavy atom. The van der Waals surface area contributed by atoms with Crippen molar-refractivity contribution in [3.63, 3.8) is 0 Å². The van der Waals surface area contributed by atoms with E-state index in [0.717, 1.165) is 11.1 Å². The number of rotatable bonds is 5. The molecule has 0 atom stereocenters. The van der Waals surface area contributed by atoms with Crippen LogP contribution in [0.4, 0.5) is 5.69 Å². The summed E-state index contributed by atoms with van der Waals surface area (Å²) in [6.45, 7) is 2.37. The van der Waals surface area contributed by atoms with Crippen molar-refractivity contribution < 1.29 is 9.59 Å². The largest absolute Gasteiger partial charge is 0.366 e. The van der Waals surface area contributed by atoms with Gasteiger partial charge < -0.3 is 15.6 Å². The van der Waals surface area contributed by atoms with Crippen molar-refractivity contribution in [1.82, 2.24) is 4.57 Å². The number of nitrogens with one attached hydrogen (secondary N) is 1. The fraction of sp³-hybridized carbons (Fsp3) is 0.0952. The van der Waals surface area contributed by atoms with E-state index in [4.69, 9.17) is 5.73 Å². The van der Waals surface area contributed by atoms with E-state index in [-0.39, 0.29) is 11.5 Å². The van der Waals surface area contributed by atoms with Crippen molar-refractivity contribution in [3.05, 3.63) is 99.5 Å². The number of primary amides is 1. The molecular weight excluding hydrogens is 342 g/mol. The minimum absolute atomic E-state index is 0.180. The van der Waals surface area contributed by atoms with E-state index < -0.39 is 5.91 Å². The van der Waals surface area contributed by atoms with Crippen LogP contribution in [0.1, 0.15) is 31.8 Å². The zero-order valence-corrected chi connectivity index (χ0v) is 14.8. The van der Waals surface area contributed by atoms with Crippen molar-refractivity contribution in [3.8, 4) is 0 Å². The topological polar surface area (TPSA) is 94.2 Å². The Kier molecular flexibility index (Phi) is 5.17. The minimum Gasteiger partial charge on any atom is -0.366 e. The van der Waals surface area contributed by atoms with Crippen LogP contribution in [0, 0.1) is 6.92 Å². The number of carbonyl (C=O) groups is 2. The molecular formula is C21H19N3O3. The quantitative estimate of drug-likeness (QED) is 0.731. The number of benzene rings is 2. The lowest BCUT2D eigenvalue weighted by Gasteiger charge is -2.11. The van der Waals surface area contributed by atoms with Crippen molar-refractivity contribution in [2.24, 2.45) is 5.73 Å². The van der Waals surface area contributed by atoms with Crippen LogP contribution in [-0.4, -0.2) is 16.4 Å². The van der Waals surface area contributed by atoms with Crippen LogP contribution in [0.25, 0.3) is 0 Å². The Labute approximate surface area is 156 Å². The first-order chi connectivity index (χ1) is 12.9. The van der Waals surface area contributed by atoms with Gasteiger partial charge in [-0.1, -0.05) is 24.3 Å². The molecule has 1 aromatic heterocycles. The van der Waals surface area contributed by atoms with E-state index >= 15 is 0 Å². The SMILES string of the molecule is Cc1ccccc1Cn1cc(C(=O)Nc2ccc(C(N)=O)cc2)ccc1=O. The summed E-state index contributed by atoms with van der Waals surface area (Å²) in [5.41, 5.74) is 8.37. The van der Waals surface area contributed by atoms with Gasteiger partial charge in [0.1, 0.15) is 0 Å². The number of amides is 2. The average molecular weight is 361 g/mol. The van der Waals surface area contributed by atoms with E-state index in [2.05, 4.69) is 5.32 Å². The third-order valence-corrected chi connectivity index (χ3v) is 4.27. The van der Waals surface area contributed by atoms with Crippen LogP contribution in [0.3, 0.4) is 0 Å². The van der Waals surface area contributed by atoms with Crippen molar-refractivity contribution in [2.45, 2.75) is 13.5 Å². The Balaban J connectivity index is 1.80. The summed E-state index contributed by atoms with van der Waals surface area (Å²) < 4.78 is 1.51. The predicted molar refractivity (Wildman–Crippen MR) is 104 cm³/mol. The van der Waals surface area contributed by atoms with Crippen molar-refractivity contribution in [1.29, 1.82) is 0 Å². The van der Waals surface area contributed by atoms with Crippen LogP contribution >= 0.6 is 0 Å². The molecule has 0 radical (unpaired) electrons. The van der Waals surface area contributed by atoms with E-state index in [1.165, 1.54) is 28.8 Å². The van der Waals surface area contributed by atoms with Gasteiger partial charge in [-0.15, -0.1) is 0 Å². The lowest BCUT2D eigenvalue weighted by atomic mass is 10.1. The molecule has 0 unspecified atom stereocenters. The zero-order valence-electron chi connectivity index (χ0n) is 14.8. The van der Waals surface area contributed by atoms with Gasteiger partial charge in [-0.25, -0.2) is 0 Å². The first-order valence-electron chi connectivity index (χ1n) is 8.40. The van der Waals surface area contributed by atoms with Gasteiger partial charge in [0.15, 0.2) is 0 Å². The highest BCUT2D eigenvalue weighted by molar-refractivity contribution is 6.04. The Bertz CT molecular complexity index is 1050. The first-order valence-corrected chi connectivity index (χ1v) is 8.40. The number of nitrogens with zero attached hydrogens (tertiary/aromatic N) is 1. The van der Waals surface area contributed by atoms with E-state index in [1.54, 1.807) is 18.3 Å². The molecule has 1 heterocycles. The second-order valence-corrected chi connectivity index (χ2v) is 6.21. The maximum absolute atomic E-state index is 12.5. The molecule has 6 nitrogen and oxygen atoms in total. The van der Waals surface area contributed by atoms with Gasteiger partial charge in [0, 0.05) is 23.5 Å². The van der Waals surface area contributed by atoms with Gasteiger partial charge in [-0.2, -0.15) is 0 Å². The van der Waals surface area contributed by atoms with Crippen LogP contribution in [0.5, 0.6) is 0 Å². The number of anilines is 1. The van der Waals surface area contributed by atoms with Crippen LogP contribution in [0.15, 0.2) is 71.7 Å². The summed E-state index contributed by atoms with van der Waals surface area (Å²) >= 11 is 0. The monoisotopic (exact) mass is 361 g/mol. The molecule has 0 saturated heterocycles. The molecule has 0 saturated carbocycles. The second kappa shape index (κ2) is 7.70. The molecule has 6 heteroatoms. The Morgan fingerprint density at radius 3 is 2.30 bits per heavy atom. The highest BCUT2D eigenvalue weighted by atomic mass is 16.2. The summed E-state index contributed by atoms with van der Waals surface area (Å²) in [5.74, 6) is -0.878. The summed E-state index contributed by atoms with van der Waals surface area (Å²) in [5, 5.41) is 2.74. The van der Waals surface area contributed by atoms with Gasteiger partial charge in [0.05, 0.1) is 12.1 Å². The fourth-order valence-electron chi connectivity index (χ4n) is 2.68. The lowest BCUT2D eigenvalue weighted by molar-refractivity contribution is 0.0998. The molecule has 3 aromatic rings. The molecule has 0 aliphatic carbocycles. The molecule has 0 spiro atoms.